The Morgan fingerprint density at radius 1 is 0.941 bits per heavy atom. The number of rotatable bonds is 6. The Morgan fingerprint density at radius 2 is 1.85 bits per heavy atom. The molecule has 174 valence electrons. The lowest BCUT2D eigenvalue weighted by molar-refractivity contribution is 0.148. The number of nitrogens with zero attached hydrogens (tertiary/aromatic N) is 5. The normalized spacial score (nSPS) is 19.6. The van der Waals surface area contributed by atoms with E-state index in [4.69, 9.17) is 14.2 Å². The first-order valence-electron chi connectivity index (χ1n) is 12.4. The van der Waals surface area contributed by atoms with Crippen molar-refractivity contribution in [3.05, 3.63) is 66.3 Å². The van der Waals surface area contributed by atoms with Gasteiger partial charge in [0.15, 0.2) is 0 Å². The van der Waals surface area contributed by atoms with Gasteiger partial charge in [-0.3, -0.25) is 9.88 Å². The van der Waals surface area contributed by atoms with Crippen LogP contribution in [0.2, 0.25) is 0 Å². The SMILES string of the molecule is c1ccc2ncc(CN3CCC[C@H]3c3nc(-c4ccc(OC5CCCCC5)nc4)no3)cc2c1. The van der Waals surface area contributed by atoms with Crippen LogP contribution < -0.4 is 4.74 Å². The lowest BCUT2D eigenvalue weighted by Gasteiger charge is -2.22. The van der Waals surface area contributed by atoms with Crippen molar-refractivity contribution in [1.29, 1.82) is 0 Å². The highest BCUT2D eigenvalue weighted by Crippen LogP contribution is 2.33. The predicted molar refractivity (Wildman–Crippen MR) is 129 cm³/mol. The van der Waals surface area contributed by atoms with Gasteiger partial charge in [-0.05, 0) is 68.8 Å². The van der Waals surface area contributed by atoms with E-state index in [0.29, 0.717) is 17.6 Å². The maximum absolute atomic E-state index is 6.04. The molecule has 7 nitrogen and oxygen atoms in total. The Bertz CT molecular complexity index is 1250. The quantitative estimate of drug-likeness (QED) is 0.367. The molecular weight excluding hydrogens is 426 g/mol. The van der Waals surface area contributed by atoms with Crippen molar-refractivity contribution in [3.8, 4) is 17.3 Å². The average molecular weight is 456 g/mol. The minimum absolute atomic E-state index is 0.120. The molecule has 0 unspecified atom stereocenters. The molecule has 0 amide bonds. The largest absolute Gasteiger partial charge is 0.474 e. The topological polar surface area (TPSA) is 77.2 Å². The second-order valence-corrected chi connectivity index (χ2v) is 9.38. The van der Waals surface area contributed by atoms with Crippen LogP contribution in [0, 0.1) is 0 Å². The molecule has 6 rings (SSSR count). The first kappa shape index (κ1) is 21.2. The summed E-state index contributed by atoms with van der Waals surface area (Å²) in [5.41, 5.74) is 3.06. The minimum atomic E-state index is 0.120. The number of para-hydroxylation sites is 1. The van der Waals surface area contributed by atoms with Gasteiger partial charge in [0.2, 0.25) is 17.6 Å². The van der Waals surface area contributed by atoms with Gasteiger partial charge < -0.3 is 9.26 Å². The van der Waals surface area contributed by atoms with E-state index >= 15 is 0 Å². The summed E-state index contributed by atoms with van der Waals surface area (Å²) >= 11 is 0. The molecule has 0 N–H and O–H groups in total. The Kier molecular flexibility index (Phi) is 5.93. The Balaban J connectivity index is 1.14. The summed E-state index contributed by atoms with van der Waals surface area (Å²) in [6.45, 7) is 1.82. The van der Waals surface area contributed by atoms with Gasteiger partial charge in [-0.25, -0.2) is 4.98 Å². The van der Waals surface area contributed by atoms with Crippen LogP contribution in [0.4, 0.5) is 0 Å². The van der Waals surface area contributed by atoms with E-state index in [0.717, 1.165) is 49.9 Å². The van der Waals surface area contributed by atoms with Crippen LogP contribution in [0.25, 0.3) is 22.3 Å². The summed E-state index contributed by atoms with van der Waals surface area (Å²) in [7, 11) is 0. The number of hydrogen-bond acceptors (Lipinski definition) is 7. The van der Waals surface area contributed by atoms with Gasteiger partial charge >= 0.3 is 0 Å². The zero-order chi connectivity index (χ0) is 22.7. The van der Waals surface area contributed by atoms with Crippen LogP contribution in [-0.4, -0.2) is 37.7 Å². The molecule has 1 atom stereocenters. The Morgan fingerprint density at radius 3 is 2.74 bits per heavy atom. The first-order valence-corrected chi connectivity index (χ1v) is 12.4. The van der Waals surface area contributed by atoms with Gasteiger partial charge in [-0.15, -0.1) is 0 Å². The minimum Gasteiger partial charge on any atom is -0.474 e. The Labute approximate surface area is 199 Å². The zero-order valence-electron chi connectivity index (χ0n) is 19.3. The van der Waals surface area contributed by atoms with Crippen molar-refractivity contribution in [2.75, 3.05) is 6.54 Å². The van der Waals surface area contributed by atoms with Gasteiger partial charge in [0.05, 0.1) is 11.6 Å². The zero-order valence-corrected chi connectivity index (χ0v) is 19.3. The summed E-state index contributed by atoms with van der Waals surface area (Å²) in [5, 5.41) is 5.42. The second kappa shape index (κ2) is 9.50. The third-order valence-corrected chi connectivity index (χ3v) is 6.96. The number of hydrogen-bond donors (Lipinski definition) is 0. The van der Waals surface area contributed by atoms with Crippen molar-refractivity contribution in [2.45, 2.75) is 63.6 Å². The fraction of sp³-hybridized carbons (Fsp3) is 0.407. The monoisotopic (exact) mass is 455 g/mol. The van der Waals surface area contributed by atoms with Gasteiger partial charge in [0.25, 0.3) is 0 Å². The highest BCUT2D eigenvalue weighted by molar-refractivity contribution is 5.78. The van der Waals surface area contributed by atoms with E-state index < -0.39 is 0 Å². The van der Waals surface area contributed by atoms with E-state index in [1.54, 1.807) is 6.20 Å². The Hall–Kier alpha value is -3.32. The molecular formula is C27H29N5O2. The molecule has 34 heavy (non-hydrogen) atoms. The number of benzene rings is 1. The molecule has 1 aromatic carbocycles. The molecule has 1 aliphatic carbocycles. The van der Waals surface area contributed by atoms with Crippen molar-refractivity contribution in [2.24, 2.45) is 0 Å². The van der Waals surface area contributed by atoms with Crippen LogP contribution in [0.5, 0.6) is 5.88 Å². The molecule has 7 heteroatoms. The highest BCUT2D eigenvalue weighted by atomic mass is 16.5. The number of pyridine rings is 2. The molecule has 1 saturated heterocycles. The van der Waals surface area contributed by atoms with E-state index in [2.05, 4.69) is 38.2 Å². The van der Waals surface area contributed by atoms with Crippen molar-refractivity contribution in [1.82, 2.24) is 25.0 Å². The predicted octanol–water partition coefficient (Wildman–Crippen LogP) is 5.73. The fourth-order valence-electron chi connectivity index (χ4n) is 5.16. The lowest BCUT2D eigenvalue weighted by Crippen LogP contribution is -2.23. The van der Waals surface area contributed by atoms with Gasteiger partial charge in [0.1, 0.15) is 6.10 Å². The number of aromatic nitrogens is 4. The average Bonchev–Trinajstić information content (AvgIpc) is 3.55. The van der Waals surface area contributed by atoms with Crippen molar-refractivity contribution < 1.29 is 9.26 Å². The van der Waals surface area contributed by atoms with Crippen LogP contribution >= 0.6 is 0 Å². The lowest BCUT2D eigenvalue weighted by atomic mass is 9.98. The summed E-state index contributed by atoms with van der Waals surface area (Å²) in [5.74, 6) is 1.92. The molecule has 4 aromatic rings. The van der Waals surface area contributed by atoms with Crippen molar-refractivity contribution >= 4 is 10.9 Å². The third-order valence-electron chi connectivity index (χ3n) is 6.96. The van der Waals surface area contributed by atoms with E-state index in [9.17, 15) is 0 Å². The fourth-order valence-corrected chi connectivity index (χ4v) is 5.16. The molecule has 3 aromatic heterocycles. The maximum Gasteiger partial charge on any atom is 0.244 e. The van der Waals surface area contributed by atoms with Gasteiger partial charge in [0, 0.05) is 36.0 Å². The van der Waals surface area contributed by atoms with Crippen molar-refractivity contribution in [3.63, 3.8) is 0 Å². The van der Waals surface area contributed by atoms with Crippen LogP contribution in [-0.2, 0) is 6.54 Å². The maximum atomic E-state index is 6.04. The van der Waals surface area contributed by atoms with Gasteiger partial charge in [-0.1, -0.05) is 29.8 Å². The highest BCUT2D eigenvalue weighted by Gasteiger charge is 2.31. The van der Waals surface area contributed by atoms with Gasteiger partial charge in [-0.2, -0.15) is 4.98 Å². The molecule has 1 aliphatic heterocycles. The molecule has 4 heterocycles. The molecule has 0 spiro atoms. The van der Waals surface area contributed by atoms with E-state index in [1.807, 2.05) is 30.5 Å². The van der Waals surface area contributed by atoms with Crippen LogP contribution in [0.3, 0.4) is 0 Å². The second-order valence-electron chi connectivity index (χ2n) is 9.38. The van der Waals surface area contributed by atoms with E-state index in [-0.39, 0.29) is 12.1 Å². The number of likely N-dealkylation sites (tertiary alicyclic amines) is 1. The summed E-state index contributed by atoms with van der Waals surface area (Å²) < 4.78 is 11.8. The van der Waals surface area contributed by atoms with E-state index in [1.165, 1.54) is 30.2 Å². The molecule has 2 aliphatic rings. The summed E-state index contributed by atoms with van der Waals surface area (Å²) in [6.07, 6.45) is 12.2. The molecule has 0 radical (unpaired) electrons. The number of fused-ring (bicyclic) bond motifs is 1. The third kappa shape index (κ3) is 4.53. The molecule has 0 bridgehead atoms. The number of ether oxygens (including phenoxy) is 1. The summed E-state index contributed by atoms with van der Waals surface area (Å²) in [4.78, 5) is 16.2. The smallest absolute Gasteiger partial charge is 0.244 e. The first-order chi connectivity index (χ1) is 16.8. The molecule has 1 saturated carbocycles. The standard InChI is InChI=1S/C27H29N5O2/c1-2-8-22(9-3-1)33-25-13-12-21(17-29-25)26-30-27(34-31-26)24-11-6-14-32(24)18-19-15-20-7-4-5-10-23(20)28-16-19/h4-5,7,10,12-13,15-17,22,24H,1-3,6,8-9,11,14,18H2/t24-/m0/s1. The van der Waals surface area contributed by atoms with Crippen LogP contribution in [0.15, 0.2) is 59.4 Å². The molecule has 2 fully saturated rings. The van der Waals surface area contributed by atoms with Crippen LogP contribution in [0.1, 0.15) is 62.4 Å². The summed E-state index contributed by atoms with van der Waals surface area (Å²) in [6, 6.07) is 14.4.